The van der Waals surface area contributed by atoms with Crippen molar-refractivity contribution in [3.05, 3.63) is 53.7 Å². The van der Waals surface area contributed by atoms with Crippen LogP contribution in [0.25, 0.3) is 5.69 Å². The highest BCUT2D eigenvalue weighted by Crippen LogP contribution is 2.20. The Morgan fingerprint density at radius 2 is 2.00 bits per heavy atom. The summed E-state index contributed by atoms with van der Waals surface area (Å²) in [6, 6.07) is 9.63. The van der Waals surface area contributed by atoms with E-state index in [0.717, 1.165) is 29.8 Å². The molecule has 2 aromatic rings. The molecule has 0 saturated carbocycles. The molecule has 0 radical (unpaired) electrons. The van der Waals surface area contributed by atoms with Crippen LogP contribution in [0.1, 0.15) is 30.5 Å². The van der Waals surface area contributed by atoms with Crippen molar-refractivity contribution in [2.75, 3.05) is 11.9 Å². The van der Waals surface area contributed by atoms with Crippen molar-refractivity contribution in [1.82, 2.24) is 9.78 Å². The summed E-state index contributed by atoms with van der Waals surface area (Å²) >= 11 is 0. The predicted octanol–water partition coefficient (Wildman–Crippen LogP) is 3.33. The van der Waals surface area contributed by atoms with Gasteiger partial charge in [-0.05, 0) is 45.2 Å². The van der Waals surface area contributed by atoms with Crippen LogP contribution in [-0.2, 0) is 14.3 Å². The molecule has 0 aliphatic heterocycles. The number of nitrogens with zero attached hydrogens (tertiary/aromatic N) is 2. The number of benzene rings is 1. The zero-order valence-corrected chi connectivity index (χ0v) is 15.1. The number of aryl methyl sites for hydroxylation is 2. The van der Waals surface area contributed by atoms with Crippen LogP contribution in [0.4, 0.5) is 5.82 Å². The molecule has 136 valence electrons. The summed E-state index contributed by atoms with van der Waals surface area (Å²) < 4.78 is 6.84. The van der Waals surface area contributed by atoms with Crippen molar-refractivity contribution >= 4 is 17.7 Å². The van der Waals surface area contributed by atoms with Gasteiger partial charge in [0.25, 0.3) is 5.91 Å². The highest BCUT2D eigenvalue weighted by atomic mass is 16.5. The van der Waals surface area contributed by atoms with Gasteiger partial charge in [0.05, 0.1) is 17.3 Å². The molecule has 1 aliphatic carbocycles. The lowest BCUT2D eigenvalue weighted by Crippen LogP contribution is -2.26. The van der Waals surface area contributed by atoms with Gasteiger partial charge < -0.3 is 10.1 Å². The number of ether oxygens (including phenoxy) is 1. The molecule has 0 saturated heterocycles. The standard InChI is InChI=1S/C20H23N3O3/c1-14-8-10-17(11-9-14)23-18(12-15(2)22-23)21-19(24)13-26-20(25)16-6-4-3-5-7-16/h3-4,8-12,16H,5-7,13H2,1-2H3,(H,21,24)/t16-/m1/s1. The van der Waals surface area contributed by atoms with E-state index in [1.165, 1.54) is 0 Å². The van der Waals surface area contributed by atoms with Gasteiger partial charge in [0.15, 0.2) is 6.61 Å². The molecule has 3 rings (SSSR count). The topological polar surface area (TPSA) is 73.2 Å². The maximum atomic E-state index is 12.2. The Hall–Kier alpha value is -2.89. The Kier molecular flexibility index (Phi) is 5.51. The number of anilines is 1. The molecule has 0 spiro atoms. The van der Waals surface area contributed by atoms with Crippen molar-refractivity contribution in [1.29, 1.82) is 0 Å². The smallest absolute Gasteiger partial charge is 0.309 e. The van der Waals surface area contributed by atoms with Gasteiger partial charge in [0.1, 0.15) is 5.82 Å². The van der Waals surface area contributed by atoms with E-state index in [2.05, 4.69) is 16.5 Å². The minimum Gasteiger partial charge on any atom is -0.455 e. The molecule has 1 amide bonds. The summed E-state index contributed by atoms with van der Waals surface area (Å²) in [5.41, 5.74) is 2.78. The van der Waals surface area contributed by atoms with E-state index in [9.17, 15) is 9.59 Å². The first-order valence-corrected chi connectivity index (χ1v) is 8.78. The Morgan fingerprint density at radius 3 is 2.69 bits per heavy atom. The molecule has 1 atom stereocenters. The van der Waals surface area contributed by atoms with Gasteiger partial charge in [-0.2, -0.15) is 5.10 Å². The average Bonchev–Trinajstić information content (AvgIpc) is 3.01. The third kappa shape index (κ3) is 4.39. The fourth-order valence-electron chi connectivity index (χ4n) is 2.91. The minimum absolute atomic E-state index is 0.145. The van der Waals surface area contributed by atoms with Gasteiger partial charge in [-0.15, -0.1) is 0 Å². The first kappa shape index (κ1) is 17.9. The van der Waals surface area contributed by atoms with Crippen molar-refractivity contribution < 1.29 is 14.3 Å². The van der Waals surface area contributed by atoms with Crippen LogP contribution in [-0.4, -0.2) is 28.3 Å². The quantitative estimate of drug-likeness (QED) is 0.661. The third-order valence-electron chi connectivity index (χ3n) is 4.33. The van der Waals surface area contributed by atoms with E-state index in [1.807, 2.05) is 44.2 Å². The number of amides is 1. The van der Waals surface area contributed by atoms with Crippen LogP contribution >= 0.6 is 0 Å². The molecule has 0 fully saturated rings. The normalized spacial score (nSPS) is 16.3. The summed E-state index contributed by atoms with van der Waals surface area (Å²) in [4.78, 5) is 24.2. The van der Waals surface area contributed by atoms with Crippen molar-refractivity contribution in [2.24, 2.45) is 5.92 Å². The lowest BCUT2D eigenvalue weighted by atomic mass is 9.95. The Morgan fingerprint density at radius 1 is 1.23 bits per heavy atom. The monoisotopic (exact) mass is 353 g/mol. The molecular formula is C20H23N3O3. The Balaban J connectivity index is 1.61. The molecule has 0 bridgehead atoms. The largest absolute Gasteiger partial charge is 0.455 e. The van der Waals surface area contributed by atoms with E-state index in [1.54, 1.807) is 10.7 Å². The van der Waals surface area contributed by atoms with Crippen LogP contribution in [0.2, 0.25) is 0 Å². The second kappa shape index (κ2) is 7.99. The first-order valence-electron chi connectivity index (χ1n) is 8.78. The van der Waals surface area contributed by atoms with Gasteiger partial charge in [-0.25, -0.2) is 4.68 Å². The fraction of sp³-hybridized carbons (Fsp3) is 0.350. The fourth-order valence-corrected chi connectivity index (χ4v) is 2.91. The Bertz CT molecular complexity index is 821. The zero-order valence-electron chi connectivity index (χ0n) is 15.1. The van der Waals surface area contributed by atoms with Crippen LogP contribution in [0.5, 0.6) is 0 Å². The minimum atomic E-state index is -0.377. The molecule has 1 heterocycles. The highest BCUT2D eigenvalue weighted by Gasteiger charge is 2.21. The van der Waals surface area contributed by atoms with Gasteiger partial charge in [0.2, 0.25) is 0 Å². The zero-order chi connectivity index (χ0) is 18.5. The maximum absolute atomic E-state index is 12.2. The van der Waals surface area contributed by atoms with Gasteiger partial charge in [-0.1, -0.05) is 29.8 Å². The molecule has 0 unspecified atom stereocenters. The number of allylic oxidation sites excluding steroid dienone is 2. The van der Waals surface area contributed by atoms with Crippen LogP contribution < -0.4 is 5.32 Å². The van der Waals surface area contributed by atoms with Gasteiger partial charge in [-0.3, -0.25) is 9.59 Å². The summed E-state index contributed by atoms with van der Waals surface area (Å²) in [7, 11) is 0. The van der Waals surface area contributed by atoms with Crippen molar-refractivity contribution in [2.45, 2.75) is 33.1 Å². The van der Waals surface area contributed by atoms with Crippen LogP contribution in [0.3, 0.4) is 0 Å². The maximum Gasteiger partial charge on any atom is 0.309 e. The number of carbonyl (C=O) groups is 2. The number of nitrogens with one attached hydrogen (secondary N) is 1. The summed E-state index contributed by atoms with van der Waals surface area (Å²) in [6.45, 7) is 3.57. The van der Waals surface area contributed by atoms with E-state index in [0.29, 0.717) is 12.2 Å². The van der Waals surface area contributed by atoms with Crippen molar-refractivity contribution in [3.8, 4) is 5.69 Å². The van der Waals surface area contributed by atoms with E-state index < -0.39 is 0 Å². The van der Waals surface area contributed by atoms with Crippen molar-refractivity contribution in [3.63, 3.8) is 0 Å². The summed E-state index contributed by atoms with van der Waals surface area (Å²) in [5, 5.41) is 7.19. The Labute approximate surface area is 152 Å². The molecule has 26 heavy (non-hydrogen) atoms. The van der Waals surface area contributed by atoms with Crippen LogP contribution in [0.15, 0.2) is 42.5 Å². The number of aromatic nitrogens is 2. The summed E-state index contributed by atoms with van der Waals surface area (Å²) in [6.07, 6.45) is 6.38. The second-order valence-electron chi connectivity index (χ2n) is 6.56. The molecule has 6 nitrogen and oxygen atoms in total. The van der Waals surface area contributed by atoms with Gasteiger partial charge in [0, 0.05) is 6.07 Å². The third-order valence-corrected chi connectivity index (χ3v) is 4.33. The molecule has 1 aromatic carbocycles. The lowest BCUT2D eigenvalue weighted by molar-refractivity contribution is -0.151. The summed E-state index contributed by atoms with van der Waals surface area (Å²) in [5.74, 6) is -0.285. The number of esters is 1. The molecule has 1 N–H and O–H groups in total. The highest BCUT2D eigenvalue weighted by molar-refractivity contribution is 5.92. The number of hydrogen-bond donors (Lipinski definition) is 1. The van der Waals surface area contributed by atoms with E-state index in [4.69, 9.17) is 4.74 Å². The molecule has 1 aromatic heterocycles. The molecule has 6 heteroatoms. The second-order valence-corrected chi connectivity index (χ2v) is 6.56. The number of rotatable bonds is 5. The van der Waals surface area contributed by atoms with Gasteiger partial charge >= 0.3 is 5.97 Å². The van der Waals surface area contributed by atoms with Crippen LogP contribution in [0, 0.1) is 19.8 Å². The van der Waals surface area contributed by atoms with E-state index >= 15 is 0 Å². The lowest BCUT2D eigenvalue weighted by Gasteiger charge is -2.16. The number of hydrogen-bond acceptors (Lipinski definition) is 4. The first-order chi connectivity index (χ1) is 12.5. The SMILES string of the molecule is Cc1ccc(-n2nc(C)cc2NC(=O)COC(=O)[C@@H]2CC=CCC2)cc1. The average molecular weight is 353 g/mol. The predicted molar refractivity (Wildman–Crippen MR) is 99.1 cm³/mol. The van der Waals surface area contributed by atoms with E-state index in [-0.39, 0.29) is 24.4 Å². The molecular weight excluding hydrogens is 330 g/mol. The molecule has 1 aliphatic rings. The number of carbonyl (C=O) groups excluding carboxylic acids is 2.